The SMILES string of the molecule is Cc1cc(C(=O)C2CCCNC2)c(F)cc1F. The summed E-state index contributed by atoms with van der Waals surface area (Å²) in [5, 5.41) is 3.11. The lowest BCUT2D eigenvalue weighted by molar-refractivity contribution is 0.0895. The van der Waals surface area contributed by atoms with E-state index in [9.17, 15) is 13.6 Å². The second-order valence-electron chi connectivity index (χ2n) is 4.49. The third-order valence-corrected chi connectivity index (χ3v) is 3.18. The molecule has 1 aliphatic rings. The van der Waals surface area contributed by atoms with Crippen LogP contribution in [0.3, 0.4) is 0 Å². The minimum absolute atomic E-state index is 0.0117. The van der Waals surface area contributed by atoms with E-state index in [1.807, 2.05) is 0 Å². The number of rotatable bonds is 2. The Kier molecular flexibility index (Phi) is 3.52. The van der Waals surface area contributed by atoms with Crippen LogP contribution in [0.1, 0.15) is 28.8 Å². The zero-order valence-corrected chi connectivity index (χ0v) is 9.72. The highest BCUT2D eigenvalue weighted by Gasteiger charge is 2.25. The summed E-state index contributed by atoms with van der Waals surface area (Å²) in [6, 6.07) is 2.10. The molecule has 1 saturated heterocycles. The molecule has 2 nitrogen and oxygen atoms in total. The molecule has 2 rings (SSSR count). The highest BCUT2D eigenvalue weighted by Crippen LogP contribution is 2.21. The number of carbonyl (C=O) groups excluding carboxylic acids is 1. The molecule has 92 valence electrons. The van der Waals surface area contributed by atoms with Crippen LogP contribution < -0.4 is 5.32 Å². The average Bonchev–Trinajstić information content (AvgIpc) is 2.34. The van der Waals surface area contributed by atoms with Crippen molar-refractivity contribution in [2.75, 3.05) is 13.1 Å². The van der Waals surface area contributed by atoms with Gasteiger partial charge in [0.2, 0.25) is 0 Å². The van der Waals surface area contributed by atoms with Gasteiger partial charge < -0.3 is 5.32 Å². The number of piperidine rings is 1. The molecule has 1 unspecified atom stereocenters. The van der Waals surface area contributed by atoms with Crippen molar-refractivity contribution in [2.45, 2.75) is 19.8 Å². The topological polar surface area (TPSA) is 29.1 Å². The fourth-order valence-corrected chi connectivity index (χ4v) is 2.14. The molecule has 0 bridgehead atoms. The molecule has 1 aromatic carbocycles. The van der Waals surface area contributed by atoms with E-state index in [-0.39, 0.29) is 17.3 Å². The quantitative estimate of drug-likeness (QED) is 0.803. The van der Waals surface area contributed by atoms with Crippen molar-refractivity contribution in [3.63, 3.8) is 0 Å². The van der Waals surface area contributed by atoms with E-state index in [1.54, 1.807) is 0 Å². The van der Waals surface area contributed by atoms with Crippen LogP contribution >= 0.6 is 0 Å². The van der Waals surface area contributed by atoms with E-state index < -0.39 is 11.6 Å². The average molecular weight is 239 g/mol. The molecule has 0 radical (unpaired) electrons. The van der Waals surface area contributed by atoms with Gasteiger partial charge in [-0.1, -0.05) is 0 Å². The zero-order valence-electron chi connectivity index (χ0n) is 9.72. The van der Waals surface area contributed by atoms with Crippen LogP contribution in [0.5, 0.6) is 0 Å². The maximum absolute atomic E-state index is 13.6. The largest absolute Gasteiger partial charge is 0.316 e. The van der Waals surface area contributed by atoms with Gasteiger partial charge in [0.1, 0.15) is 11.6 Å². The number of aryl methyl sites for hydroxylation is 1. The third-order valence-electron chi connectivity index (χ3n) is 3.18. The van der Waals surface area contributed by atoms with Crippen molar-refractivity contribution >= 4 is 5.78 Å². The van der Waals surface area contributed by atoms with Gasteiger partial charge in [-0.15, -0.1) is 0 Å². The first-order chi connectivity index (χ1) is 8.09. The molecule has 4 heteroatoms. The monoisotopic (exact) mass is 239 g/mol. The first-order valence-corrected chi connectivity index (χ1v) is 5.80. The number of carbonyl (C=O) groups is 1. The maximum atomic E-state index is 13.6. The van der Waals surface area contributed by atoms with Crippen molar-refractivity contribution in [3.8, 4) is 0 Å². The number of nitrogens with one attached hydrogen (secondary N) is 1. The Morgan fingerprint density at radius 1 is 1.35 bits per heavy atom. The van der Waals surface area contributed by atoms with E-state index in [0.717, 1.165) is 25.5 Å². The molecule has 0 aromatic heterocycles. The summed E-state index contributed by atoms with van der Waals surface area (Å²) in [6.07, 6.45) is 1.68. The van der Waals surface area contributed by atoms with Gasteiger partial charge in [0.25, 0.3) is 0 Å². The Labute approximate surface area is 99.0 Å². The molecule has 0 aliphatic carbocycles. The predicted molar refractivity (Wildman–Crippen MR) is 61.0 cm³/mol. The summed E-state index contributed by atoms with van der Waals surface area (Å²) in [7, 11) is 0. The fraction of sp³-hybridized carbons (Fsp3) is 0.462. The first-order valence-electron chi connectivity index (χ1n) is 5.80. The zero-order chi connectivity index (χ0) is 12.4. The van der Waals surface area contributed by atoms with Crippen molar-refractivity contribution in [3.05, 3.63) is 34.9 Å². The van der Waals surface area contributed by atoms with Crippen LogP contribution in [-0.2, 0) is 0 Å². The summed E-state index contributed by atoms with van der Waals surface area (Å²) >= 11 is 0. The molecular weight excluding hydrogens is 224 g/mol. The molecule has 1 aliphatic heterocycles. The molecule has 17 heavy (non-hydrogen) atoms. The van der Waals surface area contributed by atoms with Crippen molar-refractivity contribution < 1.29 is 13.6 Å². The molecular formula is C13H15F2NO. The predicted octanol–water partition coefficient (Wildman–Crippen LogP) is 2.46. The van der Waals surface area contributed by atoms with Crippen LogP contribution in [0.25, 0.3) is 0 Å². The molecule has 0 amide bonds. The molecule has 1 heterocycles. The lowest BCUT2D eigenvalue weighted by Crippen LogP contribution is -2.34. The van der Waals surface area contributed by atoms with Gasteiger partial charge in [-0.25, -0.2) is 8.78 Å². The molecule has 1 atom stereocenters. The van der Waals surface area contributed by atoms with Crippen LogP contribution in [0.4, 0.5) is 8.78 Å². The highest BCUT2D eigenvalue weighted by atomic mass is 19.1. The highest BCUT2D eigenvalue weighted by molar-refractivity contribution is 5.98. The van der Waals surface area contributed by atoms with Crippen molar-refractivity contribution in [2.24, 2.45) is 5.92 Å². The fourth-order valence-electron chi connectivity index (χ4n) is 2.14. The smallest absolute Gasteiger partial charge is 0.170 e. The maximum Gasteiger partial charge on any atom is 0.170 e. The number of hydrogen-bond donors (Lipinski definition) is 1. The minimum Gasteiger partial charge on any atom is -0.316 e. The second kappa shape index (κ2) is 4.92. The molecule has 1 fully saturated rings. The van der Waals surface area contributed by atoms with Gasteiger partial charge in [0.15, 0.2) is 5.78 Å². The van der Waals surface area contributed by atoms with E-state index in [4.69, 9.17) is 0 Å². The van der Waals surface area contributed by atoms with Crippen LogP contribution in [0.2, 0.25) is 0 Å². The van der Waals surface area contributed by atoms with E-state index in [0.29, 0.717) is 12.1 Å². The van der Waals surface area contributed by atoms with Gasteiger partial charge in [-0.3, -0.25) is 4.79 Å². The summed E-state index contributed by atoms with van der Waals surface area (Å²) in [5.41, 5.74) is 0.316. The molecule has 1 aromatic rings. The number of hydrogen-bond acceptors (Lipinski definition) is 2. The van der Waals surface area contributed by atoms with Crippen molar-refractivity contribution in [1.82, 2.24) is 5.32 Å². The van der Waals surface area contributed by atoms with E-state index in [1.165, 1.54) is 13.0 Å². The van der Waals surface area contributed by atoms with Gasteiger partial charge in [0, 0.05) is 18.5 Å². The lowest BCUT2D eigenvalue weighted by atomic mass is 9.90. The molecule has 0 saturated carbocycles. The minimum atomic E-state index is -0.760. The van der Waals surface area contributed by atoms with Gasteiger partial charge in [-0.05, 0) is 37.9 Å². The van der Waals surface area contributed by atoms with Crippen LogP contribution in [0, 0.1) is 24.5 Å². The number of benzene rings is 1. The molecule has 0 spiro atoms. The summed E-state index contributed by atoms with van der Waals surface area (Å²) < 4.78 is 26.7. The lowest BCUT2D eigenvalue weighted by Gasteiger charge is -2.21. The normalized spacial score (nSPS) is 20.3. The second-order valence-corrected chi connectivity index (χ2v) is 4.49. The summed E-state index contributed by atoms with van der Waals surface area (Å²) in [5.74, 6) is -1.79. The summed E-state index contributed by atoms with van der Waals surface area (Å²) in [6.45, 7) is 3.01. The van der Waals surface area contributed by atoms with Gasteiger partial charge >= 0.3 is 0 Å². The van der Waals surface area contributed by atoms with Crippen LogP contribution in [0.15, 0.2) is 12.1 Å². The summed E-state index contributed by atoms with van der Waals surface area (Å²) in [4.78, 5) is 12.1. The Morgan fingerprint density at radius 2 is 2.12 bits per heavy atom. The first kappa shape index (κ1) is 12.2. The Morgan fingerprint density at radius 3 is 2.76 bits per heavy atom. The third kappa shape index (κ3) is 2.52. The van der Waals surface area contributed by atoms with E-state index >= 15 is 0 Å². The standard InChI is InChI=1S/C13H15F2NO/c1-8-5-10(12(15)6-11(8)14)13(17)9-3-2-4-16-7-9/h5-6,9,16H,2-4,7H2,1H3. The Balaban J connectivity index is 2.26. The number of Topliss-reactive ketones (excluding diaryl/α,β-unsaturated/α-hetero) is 1. The number of halogens is 2. The van der Waals surface area contributed by atoms with E-state index in [2.05, 4.69) is 5.32 Å². The Bertz CT molecular complexity index is 439. The molecule has 1 N–H and O–H groups in total. The van der Waals surface area contributed by atoms with Crippen LogP contribution in [-0.4, -0.2) is 18.9 Å². The Hall–Kier alpha value is -1.29. The van der Waals surface area contributed by atoms with Gasteiger partial charge in [0.05, 0.1) is 5.56 Å². The number of ketones is 1. The van der Waals surface area contributed by atoms with Crippen molar-refractivity contribution in [1.29, 1.82) is 0 Å². The van der Waals surface area contributed by atoms with Gasteiger partial charge in [-0.2, -0.15) is 0 Å².